The summed E-state index contributed by atoms with van der Waals surface area (Å²) in [6.45, 7) is 1.39. The number of alkyl halides is 1. The summed E-state index contributed by atoms with van der Waals surface area (Å²) in [5, 5.41) is 4.42. The first-order valence-electron chi connectivity index (χ1n) is 5.60. The second-order valence-electron chi connectivity index (χ2n) is 4.30. The van der Waals surface area contributed by atoms with Crippen LogP contribution in [0.2, 0.25) is 0 Å². The van der Waals surface area contributed by atoms with E-state index in [-0.39, 0.29) is 0 Å². The summed E-state index contributed by atoms with van der Waals surface area (Å²) in [6.07, 6.45) is 1.47. The average molecular weight is 232 g/mol. The van der Waals surface area contributed by atoms with Gasteiger partial charge in [-0.15, -0.1) is 0 Å². The summed E-state index contributed by atoms with van der Waals surface area (Å²) in [5.74, 6) is 0.623. The molecular formula is C13H13FN2O. The van der Waals surface area contributed by atoms with Crippen molar-refractivity contribution in [3.63, 3.8) is 0 Å². The van der Waals surface area contributed by atoms with Crippen LogP contribution in [0.25, 0.3) is 11.3 Å². The third kappa shape index (κ3) is 1.60. The Bertz CT molecular complexity index is 575. The molecular weight excluding hydrogens is 219 g/mol. The van der Waals surface area contributed by atoms with E-state index in [1.165, 1.54) is 12.5 Å². The van der Waals surface area contributed by atoms with E-state index in [0.717, 1.165) is 23.2 Å². The molecule has 1 unspecified atom stereocenters. The number of aryl methyl sites for hydroxylation is 1. The van der Waals surface area contributed by atoms with Crippen molar-refractivity contribution in [2.24, 2.45) is 7.05 Å². The molecule has 0 spiro atoms. The van der Waals surface area contributed by atoms with Crippen LogP contribution in [0.4, 0.5) is 4.39 Å². The zero-order valence-corrected chi connectivity index (χ0v) is 9.77. The number of fused-ring (bicyclic) bond motifs is 3. The van der Waals surface area contributed by atoms with Gasteiger partial charge in [0.15, 0.2) is 0 Å². The highest BCUT2D eigenvalue weighted by atomic mass is 19.1. The maximum absolute atomic E-state index is 12.9. The predicted molar refractivity (Wildman–Crippen MR) is 62.6 cm³/mol. The van der Waals surface area contributed by atoms with Crippen LogP contribution in [0.3, 0.4) is 0 Å². The first-order chi connectivity index (χ1) is 8.15. The second kappa shape index (κ2) is 3.58. The Hall–Kier alpha value is -1.84. The molecule has 1 aliphatic rings. The number of nitrogens with zero attached hydrogens (tertiary/aromatic N) is 2. The number of aromatic nitrogens is 2. The highest BCUT2D eigenvalue weighted by molar-refractivity contribution is 5.75. The Morgan fingerprint density at radius 3 is 3.06 bits per heavy atom. The van der Waals surface area contributed by atoms with Crippen LogP contribution in [0.1, 0.15) is 18.1 Å². The Balaban J connectivity index is 2.09. The van der Waals surface area contributed by atoms with Crippen LogP contribution in [0, 0.1) is 0 Å². The lowest BCUT2D eigenvalue weighted by Crippen LogP contribution is -2.05. The fraction of sp³-hybridized carbons (Fsp3) is 0.308. The van der Waals surface area contributed by atoms with Crippen molar-refractivity contribution >= 4 is 0 Å². The molecule has 3 rings (SSSR count). The van der Waals surface area contributed by atoms with Crippen molar-refractivity contribution in [3.05, 3.63) is 35.5 Å². The molecule has 0 saturated carbocycles. The number of hydrogen-bond donors (Lipinski definition) is 0. The normalized spacial score (nSPS) is 14.3. The van der Waals surface area contributed by atoms with Gasteiger partial charge in [-0.05, 0) is 6.07 Å². The summed E-state index contributed by atoms with van der Waals surface area (Å²) in [5.41, 5.74) is 4.25. The third-order valence-corrected chi connectivity index (χ3v) is 2.95. The van der Waals surface area contributed by atoms with Crippen LogP contribution in [0.15, 0.2) is 24.4 Å². The molecule has 0 aliphatic heterocycles. The molecule has 2 aromatic rings. The largest absolute Gasteiger partial charge is 0.460 e. The van der Waals surface area contributed by atoms with Crippen LogP contribution >= 0.6 is 0 Å². The van der Waals surface area contributed by atoms with Gasteiger partial charge in [-0.25, -0.2) is 4.39 Å². The first-order valence-corrected chi connectivity index (χ1v) is 5.60. The molecule has 1 aliphatic carbocycles. The van der Waals surface area contributed by atoms with E-state index in [0.29, 0.717) is 5.75 Å². The molecule has 1 aromatic heterocycles. The maximum Gasteiger partial charge on any atom is 0.235 e. The molecule has 88 valence electrons. The lowest BCUT2D eigenvalue weighted by Gasteiger charge is -2.11. The predicted octanol–water partition coefficient (Wildman–Crippen LogP) is 2.69. The summed E-state index contributed by atoms with van der Waals surface area (Å²) >= 11 is 0. The van der Waals surface area contributed by atoms with Crippen molar-refractivity contribution < 1.29 is 9.13 Å². The Kier molecular flexibility index (Phi) is 2.18. The lowest BCUT2D eigenvalue weighted by molar-refractivity contribution is 0.0852. The molecule has 3 nitrogen and oxygen atoms in total. The minimum atomic E-state index is -1.29. The molecule has 1 heterocycles. The van der Waals surface area contributed by atoms with Gasteiger partial charge in [0.1, 0.15) is 5.75 Å². The van der Waals surface area contributed by atoms with E-state index < -0.39 is 6.36 Å². The van der Waals surface area contributed by atoms with Crippen molar-refractivity contribution in [1.29, 1.82) is 0 Å². The van der Waals surface area contributed by atoms with Crippen LogP contribution in [-0.4, -0.2) is 16.1 Å². The lowest BCUT2D eigenvalue weighted by atomic mass is 10.1. The molecule has 4 heteroatoms. The van der Waals surface area contributed by atoms with Crippen molar-refractivity contribution in [2.45, 2.75) is 19.7 Å². The van der Waals surface area contributed by atoms with E-state index >= 15 is 0 Å². The maximum atomic E-state index is 12.9. The Morgan fingerprint density at radius 1 is 1.47 bits per heavy atom. The summed E-state index contributed by atoms with van der Waals surface area (Å²) in [6, 6.07) is 5.69. The molecule has 0 saturated heterocycles. The number of ether oxygens (including phenoxy) is 1. The zero-order chi connectivity index (χ0) is 12.0. The smallest absolute Gasteiger partial charge is 0.235 e. The second-order valence-corrected chi connectivity index (χ2v) is 4.30. The number of halogens is 1. The van der Waals surface area contributed by atoms with Gasteiger partial charge in [-0.1, -0.05) is 12.1 Å². The fourth-order valence-electron chi connectivity index (χ4n) is 2.34. The van der Waals surface area contributed by atoms with E-state index in [4.69, 9.17) is 4.74 Å². The van der Waals surface area contributed by atoms with E-state index in [9.17, 15) is 4.39 Å². The van der Waals surface area contributed by atoms with Crippen LogP contribution < -0.4 is 4.74 Å². The standard InChI is InChI=1S/C13H13FN2O/c1-8(14)17-12-5-3-4-10-11(12)6-9-7-16(2)15-13(9)10/h3-5,7-8H,6H2,1-2H3. The minimum absolute atomic E-state index is 0.623. The van der Waals surface area contributed by atoms with Gasteiger partial charge in [-0.3, -0.25) is 4.68 Å². The van der Waals surface area contributed by atoms with Gasteiger partial charge < -0.3 is 4.74 Å². The summed E-state index contributed by atoms with van der Waals surface area (Å²) < 4.78 is 19.9. The number of benzene rings is 1. The Morgan fingerprint density at radius 2 is 2.29 bits per heavy atom. The molecule has 0 fully saturated rings. The van der Waals surface area contributed by atoms with E-state index in [1.54, 1.807) is 10.7 Å². The van der Waals surface area contributed by atoms with Gasteiger partial charge >= 0.3 is 0 Å². The van der Waals surface area contributed by atoms with Gasteiger partial charge in [-0.2, -0.15) is 5.10 Å². The monoisotopic (exact) mass is 232 g/mol. The molecule has 0 amide bonds. The van der Waals surface area contributed by atoms with Gasteiger partial charge in [0.2, 0.25) is 6.36 Å². The molecule has 17 heavy (non-hydrogen) atoms. The van der Waals surface area contributed by atoms with Crippen LogP contribution in [0.5, 0.6) is 5.75 Å². The van der Waals surface area contributed by atoms with Crippen molar-refractivity contribution in [1.82, 2.24) is 9.78 Å². The molecule has 1 atom stereocenters. The topological polar surface area (TPSA) is 27.1 Å². The molecule has 0 N–H and O–H groups in total. The van der Waals surface area contributed by atoms with Crippen LogP contribution in [-0.2, 0) is 13.5 Å². The van der Waals surface area contributed by atoms with Gasteiger partial charge in [0, 0.05) is 43.3 Å². The minimum Gasteiger partial charge on any atom is -0.460 e. The fourth-order valence-corrected chi connectivity index (χ4v) is 2.34. The SMILES string of the molecule is CC(F)Oc1cccc2c1Cc1cn(C)nc1-2. The number of rotatable bonds is 2. The van der Waals surface area contributed by atoms with E-state index in [2.05, 4.69) is 5.10 Å². The quantitative estimate of drug-likeness (QED) is 0.679. The van der Waals surface area contributed by atoms with Crippen molar-refractivity contribution in [2.75, 3.05) is 0 Å². The first kappa shape index (κ1) is 10.3. The highest BCUT2D eigenvalue weighted by Crippen LogP contribution is 2.40. The van der Waals surface area contributed by atoms with Gasteiger partial charge in [0.05, 0.1) is 5.69 Å². The Labute approximate surface area is 98.8 Å². The molecule has 0 radical (unpaired) electrons. The van der Waals surface area contributed by atoms with E-state index in [1.807, 2.05) is 25.4 Å². The van der Waals surface area contributed by atoms with Gasteiger partial charge in [0.25, 0.3) is 0 Å². The summed E-state index contributed by atoms with van der Waals surface area (Å²) in [7, 11) is 1.90. The highest BCUT2D eigenvalue weighted by Gasteiger charge is 2.25. The zero-order valence-electron chi connectivity index (χ0n) is 9.77. The summed E-state index contributed by atoms with van der Waals surface area (Å²) in [4.78, 5) is 0. The molecule has 0 bridgehead atoms. The number of hydrogen-bond acceptors (Lipinski definition) is 2. The average Bonchev–Trinajstić information content (AvgIpc) is 2.74. The molecule has 1 aromatic carbocycles. The van der Waals surface area contributed by atoms with Crippen molar-refractivity contribution in [3.8, 4) is 17.0 Å². The third-order valence-electron chi connectivity index (χ3n) is 2.95.